The topological polar surface area (TPSA) is 62.7 Å². The smallest absolute Gasteiger partial charge is 0.163 e. The largest absolute Gasteiger partial charge is 0.367 e. The fourth-order valence-corrected chi connectivity index (χ4v) is 2.65. The van der Waals surface area contributed by atoms with E-state index in [1.165, 1.54) is 19.3 Å². The Kier molecular flexibility index (Phi) is 4.06. The predicted molar refractivity (Wildman–Crippen MR) is 96.2 cm³/mol. The van der Waals surface area contributed by atoms with Crippen LogP contribution < -0.4 is 10.6 Å². The molecule has 1 saturated carbocycles. The van der Waals surface area contributed by atoms with Crippen LogP contribution >= 0.6 is 0 Å². The van der Waals surface area contributed by atoms with E-state index >= 15 is 0 Å². The van der Waals surface area contributed by atoms with Gasteiger partial charge in [-0.3, -0.25) is 4.98 Å². The van der Waals surface area contributed by atoms with Gasteiger partial charge in [0.05, 0.1) is 0 Å². The van der Waals surface area contributed by atoms with E-state index in [0.717, 1.165) is 28.7 Å². The van der Waals surface area contributed by atoms with Crippen LogP contribution in [0.2, 0.25) is 0 Å². The van der Waals surface area contributed by atoms with E-state index in [1.54, 1.807) is 12.4 Å². The molecule has 2 N–H and O–H groups in total. The Morgan fingerprint density at radius 1 is 0.875 bits per heavy atom. The lowest BCUT2D eigenvalue weighted by molar-refractivity contribution is 0.444. The van der Waals surface area contributed by atoms with Crippen molar-refractivity contribution in [3.63, 3.8) is 0 Å². The van der Waals surface area contributed by atoms with Gasteiger partial charge in [-0.1, -0.05) is 30.3 Å². The highest BCUT2D eigenvalue weighted by Gasteiger charge is 2.18. The third-order valence-electron chi connectivity index (χ3n) is 4.17. The number of hydrogen-bond donors (Lipinski definition) is 2. The third-order valence-corrected chi connectivity index (χ3v) is 4.17. The van der Waals surface area contributed by atoms with Crippen molar-refractivity contribution in [3.05, 3.63) is 60.9 Å². The molecule has 0 atom stereocenters. The molecule has 0 saturated heterocycles. The van der Waals surface area contributed by atoms with Gasteiger partial charge in [0, 0.05) is 35.8 Å². The molecule has 5 heteroatoms. The zero-order chi connectivity index (χ0) is 16.2. The minimum absolute atomic E-state index is 0.525. The molecular formula is C19H19N5. The van der Waals surface area contributed by atoms with Gasteiger partial charge >= 0.3 is 0 Å². The molecule has 120 valence electrons. The van der Waals surface area contributed by atoms with Gasteiger partial charge in [0.25, 0.3) is 0 Å². The lowest BCUT2D eigenvalue weighted by Crippen LogP contribution is -2.27. The molecule has 0 radical (unpaired) electrons. The molecule has 2 aromatic heterocycles. The van der Waals surface area contributed by atoms with Gasteiger partial charge in [0.1, 0.15) is 11.6 Å². The number of anilines is 3. The van der Waals surface area contributed by atoms with E-state index in [0.29, 0.717) is 6.04 Å². The van der Waals surface area contributed by atoms with Crippen molar-refractivity contribution in [1.29, 1.82) is 0 Å². The van der Waals surface area contributed by atoms with Crippen molar-refractivity contribution in [2.24, 2.45) is 0 Å². The van der Waals surface area contributed by atoms with Gasteiger partial charge in [-0.15, -0.1) is 0 Å². The summed E-state index contributed by atoms with van der Waals surface area (Å²) in [6, 6.07) is 16.4. The number of nitrogens with zero attached hydrogens (tertiary/aromatic N) is 3. The second-order valence-electron chi connectivity index (χ2n) is 5.96. The Morgan fingerprint density at radius 2 is 1.62 bits per heavy atom. The predicted octanol–water partition coefficient (Wildman–Crippen LogP) is 4.25. The molecule has 5 nitrogen and oxygen atoms in total. The van der Waals surface area contributed by atoms with E-state index in [1.807, 2.05) is 48.5 Å². The fraction of sp³-hybridized carbons (Fsp3) is 0.211. The Morgan fingerprint density at radius 3 is 2.33 bits per heavy atom. The number of nitrogens with one attached hydrogen (secondary N) is 2. The Balaban J connectivity index is 1.67. The Labute approximate surface area is 141 Å². The minimum atomic E-state index is 0.525. The van der Waals surface area contributed by atoms with Gasteiger partial charge in [-0.2, -0.15) is 0 Å². The number of rotatable bonds is 5. The molecular weight excluding hydrogens is 298 g/mol. The summed E-state index contributed by atoms with van der Waals surface area (Å²) in [7, 11) is 0. The average molecular weight is 317 g/mol. The number of aromatic nitrogens is 3. The fourth-order valence-electron chi connectivity index (χ4n) is 2.65. The summed E-state index contributed by atoms with van der Waals surface area (Å²) in [5, 5.41) is 6.84. The molecule has 0 unspecified atom stereocenters. The van der Waals surface area contributed by atoms with Crippen LogP contribution in [0.15, 0.2) is 60.9 Å². The zero-order valence-corrected chi connectivity index (χ0v) is 13.3. The second-order valence-corrected chi connectivity index (χ2v) is 5.96. The minimum Gasteiger partial charge on any atom is -0.367 e. The van der Waals surface area contributed by atoms with Crippen molar-refractivity contribution in [2.45, 2.75) is 25.3 Å². The number of pyridine rings is 1. The first-order valence-corrected chi connectivity index (χ1v) is 8.25. The average Bonchev–Trinajstić information content (AvgIpc) is 2.60. The maximum absolute atomic E-state index is 4.69. The van der Waals surface area contributed by atoms with Crippen LogP contribution in [0.5, 0.6) is 0 Å². The SMILES string of the molecule is c1ccc(-c2nc(Nc3ccncc3)cc(NC3CCC3)n2)cc1. The lowest BCUT2D eigenvalue weighted by Gasteiger charge is -2.27. The molecule has 1 aliphatic carbocycles. The monoisotopic (exact) mass is 317 g/mol. The molecule has 1 aliphatic rings. The summed E-state index contributed by atoms with van der Waals surface area (Å²) in [6.07, 6.45) is 7.22. The summed E-state index contributed by atoms with van der Waals surface area (Å²) in [4.78, 5) is 13.4. The molecule has 1 fully saturated rings. The van der Waals surface area contributed by atoms with Crippen LogP contribution in [0.4, 0.5) is 17.3 Å². The van der Waals surface area contributed by atoms with Crippen LogP contribution in [0.25, 0.3) is 11.4 Å². The molecule has 2 heterocycles. The van der Waals surface area contributed by atoms with Crippen LogP contribution in [-0.4, -0.2) is 21.0 Å². The standard InChI is InChI=1S/C19H19N5/c1-2-5-14(6-3-1)19-23-17(21-15-7-4-8-15)13-18(24-19)22-16-9-11-20-12-10-16/h1-3,5-6,9-13,15H,4,7-8H2,(H2,20,21,22,23,24). The van der Waals surface area contributed by atoms with Crippen LogP contribution in [0.3, 0.4) is 0 Å². The number of benzene rings is 1. The van der Waals surface area contributed by atoms with Crippen molar-refractivity contribution < 1.29 is 0 Å². The molecule has 0 aliphatic heterocycles. The van der Waals surface area contributed by atoms with Gasteiger partial charge in [-0.25, -0.2) is 9.97 Å². The maximum atomic E-state index is 4.69. The molecule has 4 rings (SSSR count). The molecule has 0 bridgehead atoms. The van der Waals surface area contributed by atoms with Gasteiger partial charge < -0.3 is 10.6 Å². The second kappa shape index (κ2) is 6.66. The highest BCUT2D eigenvalue weighted by atomic mass is 15.1. The molecule has 1 aromatic carbocycles. The molecule has 0 spiro atoms. The first kappa shape index (κ1) is 14.6. The van der Waals surface area contributed by atoms with Gasteiger partial charge in [-0.05, 0) is 31.4 Å². The molecule has 0 amide bonds. The van der Waals surface area contributed by atoms with E-state index < -0.39 is 0 Å². The van der Waals surface area contributed by atoms with Crippen LogP contribution in [0, 0.1) is 0 Å². The summed E-state index contributed by atoms with van der Waals surface area (Å²) in [5.74, 6) is 2.36. The van der Waals surface area contributed by atoms with Gasteiger partial charge in [0.2, 0.25) is 0 Å². The van der Waals surface area contributed by atoms with Crippen molar-refractivity contribution in [3.8, 4) is 11.4 Å². The highest BCUT2D eigenvalue weighted by Crippen LogP contribution is 2.26. The maximum Gasteiger partial charge on any atom is 0.163 e. The van der Waals surface area contributed by atoms with E-state index in [9.17, 15) is 0 Å². The van der Waals surface area contributed by atoms with Crippen molar-refractivity contribution >= 4 is 17.3 Å². The summed E-state index contributed by atoms with van der Waals surface area (Å²) >= 11 is 0. The molecule has 3 aromatic rings. The van der Waals surface area contributed by atoms with E-state index in [4.69, 9.17) is 4.98 Å². The van der Waals surface area contributed by atoms with Crippen LogP contribution in [-0.2, 0) is 0 Å². The normalized spacial score (nSPS) is 14.0. The first-order valence-electron chi connectivity index (χ1n) is 8.25. The third kappa shape index (κ3) is 3.35. The highest BCUT2D eigenvalue weighted by molar-refractivity contribution is 5.65. The van der Waals surface area contributed by atoms with Crippen LogP contribution in [0.1, 0.15) is 19.3 Å². The molecule has 24 heavy (non-hydrogen) atoms. The Bertz CT molecular complexity index is 801. The van der Waals surface area contributed by atoms with Gasteiger partial charge in [0.15, 0.2) is 5.82 Å². The Hall–Kier alpha value is -2.95. The summed E-state index contributed by atoms with van der Waals surface area (Å²) < 4.78 is 0. The summed E-state index contributed by atoms with van der Waals surface area (Å²) in [6.45, 7) is 0. The lowest BCUT2D eigenvalue weighted by atomic mass is 9.93. The zero-order valence-electron chi connectivity index (χ0n) is 13.3. The first-order chi connectivity index (χ1) is 11.9. The van der Waals surface area contributed by atoms with Crippen molar-refractivity contribution in [2.75, 3.05) is 10.6 Å². The quantitative estimate of drug-likeness (QED) is 0.736. The summed E-state index contributed by atoms with van der Waals surface area (Å²) in [5.41, 5.74) is 1.96. The van der Waals surface area contributed by atoms with E-state index in [2.05, 4.69) is 20.6 Å². The van der Waals surface area contributed by atoms with E-state index in [-0.39, 0.29) is 0 Å². The number of hydrogen-bond acceptors (Lipinski definition) is 5. The van der Waals surface area contributed by atoms with Crippen molar-refractivity contribution in [1.82, 2.24) is 15.0 Å².